The highest BCUT2D eigenvalue weighted by Crippen LogP contribution is 2.48. The molecule has 4 heteroatoms. The van der Waals surface area contributed by atoms with Crippen molar-refractivity contribution >= 4 is 29.2 Å². The number of likely N-dealkylation sites (tertiary alicyclic amines) is 1. The summed E-state index contributed by atoms with van der Waals surface area (Å²) in [6, 6.07) is 9.67. The third-order valence-corrected chi connectivity index (χ3v) is 7.80. The first-order chi connectivity index (χ1) is 12.3. The molecule has 2 heterocycles. The third-order valence-electron chi connectivity index (χ3n) is 5.71. The zero-order valence-corrected chi connectivity index (χ0v) is 16.9. The molecule has 0 aromatic heterocycles. The van der Waals surface area contributed by atoms with E-state index in [1.165, 1.54) is 53.4 Å². The van der Waals surface area contributed by atoms with Crippen molar-refractivity contribution in [2.75, 3.05) is 31.3 Å². The van der Waals surface area contributed by atoms with Crippen LogP contribution in [0.2, 0.25) is 0 Å². The molecule has 0 radical (unpaired) electrons. The predicted octanol–water partition coefficient (Wildman–Crippen LogP) is 5.38. The van der Waals surface area contributed by atoms with E-state index in [1.54, 1.807) is 0 Å². The summed E-state index contributed by atoms with van der Waals surface area (Å²) in [5.41, 5.74) is 2.85. The molecule has 134 valence electrons. The maximum absolute atomic E-state index is 2.60. The molecule has 25 heavy (non-hydrogen) atoms. The maximum Gasteiger partial charge on any atom is 0.0552 e. The molecular weight excluding hydrogens is 344 g/mol. The third kappa shape index (κ3) is 3.67. The molecule has 1 saturated heterocycles. The molecule has 0 amide bonds. The van der Waals surface area contributed by atoms with Crippen LogP contribution in [0.1, 0.15) is 32.1 Å². The van der Waals surface area contributed by atoms with E-state index in [1.807, 2.05) is 23.5 Å². The summed E-state index contributed by atoms with van der Waals surface area (Å²) in [4.78, 5) is 8.04. The number of nitrogens with zero attached hydrogens (tertiary/aromatic N) is 2. The number of fused-ring (bicyclic) bond motifs is 2. The number of rotatable bonds is 4. The number of anilines is 1. The summed E-state index contributed by atoms with van der Waals surface area (Å²) in [6.07, 6.45) is 13.7. The molecule has 1 fully saturated rings. The number of allylic oxidation sites excluding steroid dienone is 1. The van der Waals surface area contributed by atoms with Crippen LogP contribution in [0.15, 0.2) is 51.9 Å². The topological polar surface area (TPSA) is 6.48 Å². The molecule has 0 N–H and O–H groups in total. The van der Waals surface area contributed by atoms with Gasteiger partial charge in [0.1, 0.15) is 0 Å². The molecule has 2 nitrogen and oxygen atoms in total. The van der Waals surface area contributed by atoms with Crippen LogP contribution in [-0.4, -0.2) is 42.6 Å². The lowest BCUT2D eigenvalue weighted by Crippen LogP contribution is -2.39. The highest BCUT2D eigenvalue weighted by Gasteiger charge is 2.29. The quantitative estimate of drug-likeness (QED) is 0.700. The summed E-state index contributed by atoms with van der Waals surface area (Å²) < 4.78 is 0. The Morgan fingerprint density at radius 3 is 2.96 bits per heavy atom. The maximum atomic E-state index is 2.60. The van der Waals surface area contributed by atoms with Crippen LogP contribution >= 0.6 is 23.5 Å². The zero-order valence-electron chi connectivity index (χ0n) is 15.3. The molecule has 0 bridgehead atoms. The van der Waals surface area contributed by atoms with E-state index in [0.717, 1.165) is 19.0 Å². The van der Waals surface area contributed by atoms with E-state index in [2.05, 4.69) is 59.5 Å². The SMILES string of the molecule is CSC1C=C2C(=CC1)Sc1ccccc1N2CCC1CCCCN1C. The van der Waals surface area contributed by atoms with Crippen LogP contribution in [-0.2, 0) is 0 Å². The van der Waals surface area contributed by atoms with Crippen molar-refractivity contribution in [3.05, 3.63) is 47.0 Å². The Kier molecular flexibility index (Phi) is 5.49. The highest BCUT2D eigenvalue weighted by atomic mass is 32.2. The summed E-state index contributed by atoms with van der Waals surface area (Å²) in [5.74, 6) is 0. The van der Waals surface area contributed by atoms with Crippen LogP contribution in [0.4, 0.5) is 5.69 Å². The fraction of sp³-hybridized carbons (Fsp3) is 0.524. The molecule has 4 rings (SSSR count). The van der Waals surface area contributed by atoms with Gasteiger partial charge < -0.3 is 9.80 Å². The smallest absolute Gasteiger partial charge is 0.0552 e. The van der Waals surface area contributed by atoms with Gasteiger partial charge in [-0.2, -0.15) is 11.8 Å². The fourth-order valence-corrected chi connectivity index (χ4v) is 5.86. The summed E-state index contributed by atoms with van der Waals surface area (Å²) >= 11 is 3.92. The monoisotopic (exact) mass is 372 g/mol. The second-order valence-electron chi connectivity index (χ2n) is 7.27. The van der Waals surface area contributed by atoms with Crippen molar-refractivity contribution in [3.63, 3.8) is 0 Å². The minimum atomic E-state index is 0.615. The number of para-hydroxylation sites is 1. The molecule has 0 saturated carbocycles. The first-order valence-corrected chi connectivity index (χ1v) is 11.6. The number of hydrogen-bond acceptors (Lipinski definition) is 4. The lowest BCUT2D eigenvalue weighted by molar-refractivity contribution is 0.178. The molecule has 2 atom stereocenters. The lowest BCUT2D eigenvalue weighted by atomic mass is 9.99. The summed E-state index contributed by atoms with van der Waals surface area (Å²) in [7, 11) is 2.30. The van der Waals surface area contributed by atoms with Gasteiger partial charge in [0, 0.05) is 27.6 Å². The Bertz CT molecular complexity index is 682. The summed E-state index contributed by atoms with van der Waals surface area (Å²) in [6.45, 7) is 2.39. The van der Waals surface area contributed by atoms with Gasteiger partial charge in [-0.05, 0) is 63.7 Å². The van der Waals surface area contributed by atoms with Gasteiger partial charge in [0.25, 0.3) is 0 Å². The summed E-state index contributed by atoms with van der Waals surface area (Å²) in [5, 5.41) is 0.615. The normalized spacial score (nSPS) is 26.6. The van der Waals surface area contributed by atoms with Crippen molar-refractivity contribution in [2.45, 2.75) is 48.3 Å². The Balaban J connectivity index is 1.60. The standard InChI is InChI=1S/C21H28N2S2/c1-22-13-6-5-7-16(22)12-14-23-18-8-3-4-9-20(18)25-21-11-10-17(24-2)15-19(21)23/h3-4,8-9,11,15-17H,5-7,10,12-14H2,1-2H3. The molecule has 0 spiro atoms. The van der Waals surface area contributed by atoms with Crippen LogP contribution in [0.3, 0.4) is 0 Å². The van der Waals surface area contributed by atoms with E-state index in [0.29, 0.717) is 5.25 Å². The van der Waals surface area contributed by atoms with E-state index in [9.17, 15) is 0 Å². The van der Waals surface area contributed by atoms with Crippen molar-refractivity contribution in [1.29, 1.82) is 0 Å². The number of hydrogen-bond donors (Lipinski definition) is 0. The second kappa shape index (κ2) is 7.81. The Morgan fingerprint density at radius 2 is 2.12 bits per heavy atom. The first kappa shape index (κ1) is 17.6. The lowest BCUT2D eigenvalue weighted by Gasteiger charge is -2.39. The van der Waals surface area contributed by atoms with Gasteiger partial charge in [0.2, 0.25) is 0 Å². The van der Waals surface area contributed by atoms with E-state index in [-0.39, 0.29) is 0 Å². The Labute approximate surface area is 160 Å². The molecule has 1 aromatic rings. The van der Waals surface area contributed by atoms with Crippen LogP contribution < -0.4 is 4.90 Å². The average Bonchev–Trinajstić information content (AvgIpc) is 2.66. The van der Waals surface area contributed by atoms with Gasteiger partial charge >= 0.3 is 0 Å². The van der Waals surface area contributed by atoms with Crippen LogP contribution in [0.25, 0.3) is 0 Å². The molecule has 1 aromatic carbocycles. The van der Waals surface area contributed by atoms with Gasteiger partial charge in [-0.3, -0.25) is 0 Å². The van der Waals surface area contributed by atoms with Crippen molar-refractivity contribution in [2.24, 2.45) is 0 Å². The van der Waals surface area contributed by atoms with Gasteiger partial charge in [-0.15, -0.1) is 0 Å². The predicted molar refractivity (Wildman–Crippen MR) is 113 cm³/mol. The van der Waals surface area contributed by atoms with E-state index in [4.69, 9.17) is 0 Å². The van der Waals surface area contributed by atoms with Gasteiger partial charge in [0.15, 0.2) is 0 Å². The molecule has 3 aliphatic rings. The van der Waals surface area contributed by atoms with Gasteiger partial charge in [-0.25, -0.2) is 0 Å². The highest BCUT2D eigenvalue weighted by molar-refractivity contribution is 8.03. The largest absolute Gasteiger partial charge is 0.340 e. The van der Waals surface area contributed by atoms with Crippen molar-refractivity contribution in [1.82, 2.24) is 4.90 Å². The minimum Gasteiger partial charge on any atom is -0.340 e. The molecule has 1 aliphatic carbocycles. The number of benzene rings is 1. The van der Waals surface area contributed by atoms with Crippen LogP contribution in [0, 0.1) is 0 Å². The van der Waals surface area contributed by atoms with E-state index < -0.39 is 0 Å². The van der Waals surface area contributed by atoms with E-state index >= 15 is 0 Å². The van der Waals surface area contributed by atoms with Gasteiger partial charge in [0.05, 0.1) is 11.4 Å². The van der Waals surface area contributed by atoms with Gasteiger partial charge in [-0.1, -0.05) is 36.4 Å². The zero-order chi connectivity index (χ0) is 17.2. The molecule has 2 aliphatic heterocycles. The number of thioether (sulfide) groups is 2. The molecular formula is C21H28N2S2. The first-order valence-electron chi connectivity index (χ1n) is 9.46. The average molecular weight is 373 g/mol. The Hall–Kier alpha value is -0.840. The fourth-order valence-electron chi connectivity index (χ4n) is 4.18. The van der Waals surface area contributed by atoms with Crippen molar-refractivity contribution < 1.29 is 0 Å². The minimum absolute atomic E-state index is 0.615. The second-order valence-corrected chi connectivity index (χ2v) is 9.43. The molecule has 2 unspecified atom stereocenters. The number of piperidine rings is 1. The van der Waals surface area contributed by atoms with Crippen LogP contribution in [0.5, 0.6) is 0 Å². The Morgan fingerprint density at radius 1 is 1.24 bits per heavy atom. The van der Waals surface area contributed by atoms with Crippen molar-refractivity contribution in [3.8, 4) is 0 Å².